The van der Waals surface area contributed by atoms with Gasteiger partial charge in [0.2, 0.25) is 0 Å². The zero-order valence-corrected chi connectivity index (χ0v) is 30.1. The van der Waals surface area contributed by atoms with Crippen LogP contribution >= 0.6 is 0 Å². The van der Waals surface area contributed by atoms with Gasteiger partial charge in [-0.05, 0) is 104 Å². The lowest BCUT2D eigenvalue weighted by Crippen LogP contribution is -2.40. The second-order valence-corrected chi connectivity index (χ2v) is 14.9. The van der Waals surface area contributed by atoms with E-state index >= 15 is 4.39 Å². The van der Waals surface area contributed by atoms with Gasteiger partial charge in [0.1, 0.15) is 12.4 Å². The molecule has 0 bridgehead atoms. The van der Waals surface area contributed by atoms with Gasteiger partial charge in [0.05, 0.1) is 35.4 Å². The maximum atomic E-state index is 15.3. The van der Waals surface area contributed by atoms with Crippen molar-refractivity contribution in [1.29, 1.82) is 0 Å². The molecule has 0 saturated heterocycles. The summed E-state index contributed by atoms with van der Waals surface area (Å²) in [7, 11) is 1.37. The summed E-state index contributed by atoms with van der Waals surface area (Å²) in [6.07, 6.45) is 4.96. The predicted octanol–water partition coefficient (Wildman–Crippen LogP) is 8.85. The highest BCUT2D eigenvalue weighted by Gasteiger charge is 2.40. The van der Waals surface area contributed by atoms with Gasteiger partial charge < -0.3 is 24.8 Å². The Morgan fingerprint density at radius 1 is 0.863 bits per heavy atom. The number of halogens is 1. The number of aryl methyl sites for hydroxylation is 2. The molecule has 8 nitrogen and oxygen atoms in total. The van der Waals surface area contributed by atoms with Crippen molar-refractivity contribution in [3.8, 4) is 11.5 Å². The molecule has 268 valence electrons. The van der Waals surface area contributed by atoms with Gasteiger partial charge in [0.25, 0.3) is 11.8 Å². The molecule has 0 atom stereocenters. The first-order valence-corrected chi connectivity index (χ1v) is 17.8. The van der Waals surface area contributed by atoms with Crippen LogP contribution < -0.4 is 20.1 Å². The summed E-state index contributed by atoms with van der Waals surface area (Å²) in [6, 6.07) is 20.1. The monoisotopic (exact) mass is 694 g/mol. The van der Waals surface area contributed by atoms with Crippen LogP contribution in [-0.2, 0) is 16.1 Å². The van der Waals surface area contributed by atoms with Crippen molar-refractivity contribution in [2.24, 2.45) is 10.8 Å². The van der Waals surface area contributed by atoms with E-state index in [1.807, 2.05) is 69.3 Å². The number of ether oxygens (including phenoxy) is 3. The van der Waals surface area contributed by atoms with Crippen LogP contribution in [0.3, 0.4) is 0 Å². The minimum absolute atomic E-state index is 0.0381. The number of carbonyl (C=O) groups is 3. The van der Waals surface area contributed by atoms with Crippen molar-refractivity contribution in [2.75, 3.05) is 19.0 Å². The third kappa shape index (κ3) is 7.87. The summed E-state index contributed by atoms with van der Waals surface area (Å²) < 4.78 is 32.7. The van der Waals surface area contributed by atoms with Crippen molar-refractivity contribution in [3.05, 3.63) is 100 Å². The highest BCUT2D eigenvalue weighted by molar-refractivity contribution is 6.11. The summed E-state index contributed by atoms with van der Waals surface area (Å²) >= 11 is 0. The lowest BCUT2D eigenvalue weighted by molar-refractivity contribution is -0.159. The number of carbonyl (C=O) groups excluding carboxylic acids is 3. The number of amides is 2. The van der Waals surface area contributed by atoms with E-state index < -0.39 is 17.1 Å². The third-order valence-corrected chi connectivity index (χ3v) is 10.8. The molecule has 0 heterocycles. The van der Waals surface area contributed by atoms with E-state index in [1.54, 1.807) is 6.07 Å². The first-order chi connectivity index (χ1) is 24.4. The lowest BCUT2D eigenvalue weighted by Gasteiger charge is -2.38. The first kappa shape index (κ1) is 35.9. The molecule has 4 aromatic carbocycles. The molecule has 0 radical (unpaired) electrons. The van der Waals surface area contributed by atoms with Crippen molar-refractivity contribution in [3.63, 3.8) is 0 Å². The smallest absolute Gasteiger partial charge is 0.312 e. The number of anilines is 1. The molecule has 2 amide bonds. The fraction of sp³-hybridized carbons (Fsp3) is 0.405. The Kier molecular flexibility index (Phi) is 10.4. The number of fused-ring (bicyclic) bond motifs is 1. The summed E-state index contributed by atoms with van der Waals surface area (Å²) in [5.41, 5.74) is 2.78. The Morgan fingerprint density at radius 3 is 2.29 bits per heavy atom. The number of esters is 1. The van der Waals surface area contributed by atoms with Gasteiger partial charge in [0, 0.05) is 12.6 Å². The summed E-state index contributed by atoms with van der Waals surface area (Å²) in [5, 5.41) is 8.10. The second-order valence-electron chi connectivity index (χ2n) is 14.9. The molecule has 2 N–H and O–H groups in total. The third-order valence-electron chi connectivity index (χ3n) is 10.8. The molecule has 0 unspecified atom stereocenters. The van der Waals surface area contributed by atoms with Crippen molar-refractivity contribution < 1.29 is 33.0 Å². The van der Waals surface area contributed by atoms with Crippen LogP contribution in [-0.4, -0.2) is 37.5 Å². The molecule has 4 aromatic rings. The van der Waals surface area contributed by atoms with E-state index in [-0.39, 0.29) is 47.1 Å². The zero-order chi connectivity index (χ0) is 36.3. The molecular formula is C42H47FN2O6. The topological polar surface area (TPSA) is 103 Å². The number of rotatable bonds is 11. The summed E-state index contributed by atoms with van der Waals surface area (Å²) in [6.45, 7) is 8.55. The molecule has 6 rings (SSSR count). The van der Waals surface area contributed by atoms with Crippen LogP contribution in [0.4, 0.5) is 10.1 Å². The van der Waals surface area contributed by atoms with Gasteiger partial charge >= 0.3 is 5.97 Å². The van der Waals surface area contributed by atoms with Crippen LogP contribution in [0.15, 0.2) is 66.7 Å². The van der Waals surface area contributed by atoms with Gasteiger partial charge in [-0.3, -0.25) is 14.4 Å². The van der Waals surface area contributed by atoms with Crippen LogP contribution in [0.5, 0.6) is 11.5 Å². The summed E-state index contributed by atoms with van der Waals surface area (Å²) in [5.74, 6) is -1.80. The fourth-order valence-corrected chi connectivity index (χ4v) is 7.28. The SMILES string of the molecule is COc1cc(F)c(OC2CCC(C)(C(=O)OCc3cccc4ccccc34)CC2)cc1C(=O)Nc1c(C)cc(C)cc1C(=O)NCC1(C)CCC1. The number of benzene rings is 4. The summed E-state index contributed by atoms with van der Waals surface area (Å²) in [4.78, 5) is 40.4. The molecule has 2 aliphatic carbocycles. The van der Waals surface area contributed by atoms with Crippen molar-refractivity contribution in [2.45, 2.75) is 85.4 Å². The van der Waals surface area contributed by atoms with Crippen LogP contribution in [0.25, 0.3) is 10.8 Å². The fourth-order valence-electron chi connectivity index (χ4n) is 7.28. The molecule has 2 aliphatic rings. The highest BCUT2D eigenvalue weighted by Crippen LogP contribution is 2.41. The molecular weight excluding hydrogens is 647 g/mol. The molecule has 0 aromatic heterocycles. The number of nitrogens with one attached hydrogen (secondary N) is 2. The predicted molar refractivity (Wildman–Crippen MR) is 196 cm³/mol. The van der Waals surface area contributed by atoms with E-state index in [4.69, 9.17) is 14.2 Å². The Morgan fingerprint density at radius 2 is 1.59 bits per heavy atom. The molecule has 2 fully saturated rings. The quantitative estimate of drug-likeness (QED) is 0.152. The van der Waals surface area contributed by atoms with E-state index in [1.165, 1.54) is 13.2 Å². The lowest BCUT2D eigenvalue weighted by atomic mass is 9.70. The minimum atomic E-state index is -0.695. The van der Waals surface area contributed by atoms with Gasteiger partial charge in [-0.15, -0.1) is 0 Å². The average molecular weight is 695 g/mol. The van der Waals surface area contributed by atoms with Crippen LogP contribution in [0, 0.1) is 30.5 Å². The average Bonchev–Trinajstić information content (AvgIpc) is 3.11. The van der Waals surface area contributed by atoms with Gasteiger partial charge in [-0.25, -0.2) is 4.39 Å². The number of hydrogen-bond acceptors (Lipinski definition) is 6. The highest BCUT2D eigenvalue weighted by atomic mass is 19.1. The van der Waals surface area contributed by atoms with E-state index in [0.717, 1.165) is 52.8 Å². The van der Waals surface area contributed by atoms with E-state index in [9.17, 15) is 14.4 Å². The Labute approximate surface area is 299 Å². The molecule has 9 heteroatoms. The van der Waals surface area contributed by atoms with Crippen molar-refractivity contribution in [1.82, 2.24) is 5.32 Å². The molecule has 0 aliphatic heterocycles. The van der Waals surface area contributed by atoms with Gasteiger partial charge in [0.15, 0.2) is 11.6 Å². The Balaban J connectivity index is 1.11. The number of methoxy groups -OCH3 is 1. The van der Waals surface area contributed by atoms with E-state index in [2.05, 4.69) is 17.6 Å². The molecule has 51 heavy (non-hydrogen) atoms. The zero-order valence-electron chi connectivity index (χ0n) is 30.1. The Hall–Kier alpha value is -4.92. The molecule has 0 spiro atoms. The van der Waals surface area contributed by atoms with Crippen molar-refractivity contribution >= 4 is 34.2 Å². The maximum Gasteiger partial charge on any atom is 0.312 e. The maximum absolute atomic E-state index is 15.3. The van der Waals surface area contributed by atoms with E-state index in [0.29, 0.717) is 43.5 Å². The first-order valence-electron chi connectivity index (χ1n) is 17.8. The van der Waals surface area contributed by atoms with Crippen LogP contribution in [0.1, 0.15) is 96.2 Å². The van der Waals surface area contributed by atoms with Gasteiger partial charge in [-0.2, -0.15) is 0 Å². The van der Waals surface area contributed by atoms with Gasteiger partial charge in [-0.1, -0.05) is 61.9 Å². The molecule has 2 saturated carbocycles. The normalized spacial score (nSPS) is 19.5. The minimum Gasteiger partial charge on any atom is -0.496 e. The number of hydrogen-bond donors (Lipinski definition) is 2. The second kappa shape index (κ2) is 14.7. The standard InChI is InChI=1S/C42H47FN2O6/c1-26-20-27(2)37(33(21-26)38(46)44-25-41(3)16-9-17-41)45-39(47)32-22-36(34(43)23-35(32)49-5)51-30-14-18-42(4,19-15-30)40(48)50-24-29-12-8-11-28-10-6-7-13-31(28)29/h6-8,10-13,20-23,30H,9,14-19,24-25H2,1-5H3,(H,44,46)(H,45,47). The Bertz CT molecular complexity index is 1960. The largest absolute Gasteiger partial charge is 0.496 e. The van der Waals surface area contributed by atoms with Crippen LogP contribution in [0.2, 0.25) is 0 Å².